The summed E-state index contributed by atoms with van der Waals surface area (Å²) in [4.78, 5) is 27.8. The number of carbonyl (C=O) groups is 2. The van der Waals surface area contributed by atoms with E-state index < -0.39 is 17.7 Å². The molecule has 2 aromatic carbocycles. The zero-order valence-corrected chi connectivity index (χ0v) is 20.2. The average Bonchev–Trinajstić information content (AvgIpc) is 3.36. The minimum atomic E-state index is -0.659. The molecule has 0 aliphatic carbocycles. The third-order valence-electron chi connectivity index (χ3n) is 6.17. The van der Waals surface area contributed by atoms with Gasteiger partial charge in [0.1, 0.15) is 5.76 Å². The van der Waals surface area contributed by atoms with Crippen LogP contribution in [0.15, 0.2) is 58.6 Å². The Morgan fingerprint density at radius 1 is 1.09 bits per heavy atom. The number of carbonyl (C=O) groups excluding carboxylic acids is 2. The molecule has 0 bridgehead atoms. The number of ketones is 1. The van der Waals surface area contributed by atoms with E-state index in [1.165, 1.54) is 0 Å². The summed E-state index contributed by atoms with van der Waals surface area (Å²) in [6.07, 6.45) is 1.70. The molecule has 6 heteroatoms. The van der Waals surface area contributed by atoms with Gasteiger partial charge in [0, 0.05) is 23.2 Å². The molecule has 0 spiro atoms. The van der Waals surface area contributed by atoms with Crippen molar-refractivity contribution in [2.45, 2.75) is 51.2 Å². The number of amides is 1. The second kappa shape index (κ2) is 8.83. The van der Waals surface area contributed by atoms with Crippen molar-refractivity contribution in [3.05, 3.63) is 75.3 Å². The molecule has 4 rings (SSSR count). The molecule has 2 aromatic rings. The first kappa shape index (κ1) is 22.7. The molecule has 0 unspecified atom stereocenters. The largest absolute Gasteiger partial charge is 0.507 e. The summed E-state index contributed by atoms with van der Waals surface area (Å²) in [6, 6.07) is 14.4. The molecular formula is C26H28BrNO4. The van der Waals surface area contributed by atoms with E-state index in [1.807, 2.05) is 24.3 Å². The van der Waals surface area contributed by atoms with Crippen molar-refractivity contribution >= 4 is 33.4 Å². The van der Waals surface area contributed by atoms with Crippen LogP contribution in [0, 0.1) is 0 Å². The van der Waals surface area contributed by atoms with E-state index >= 15 is 0 Å². The Hall–Kier alpha value is -2.44. The van der Waals surface area contributed by atoms with Crippen LogP contribution in [0.1, 0.15) is 56.3 Å². The number of hydrogen-bond acceptors (Lipinski definition) is 4. The number of Topliss-reactive ketones (excluding diaryl/α,β-unsaturated/α-hetero) is 1. The molecule has 0 aromatic heterocycles. The summed E-state index contributed by atoms with van der Waals surface area (Å²) in [7, 11) is 0. The van der Waals surface area contributed by atoms with Crippen LogP contribution in [0.4, 0.5) is 0 Å². The van der Waals surface area contributed by atoms with E-state index in [0.717, 1.165) is 28.4 Å². The van der Waals surface area contributed by atoms with E-state index in [-0.39, 0.29) is 22.9 Å². The number of nitrogens with zero attached hydrogens (tertiary/aromatic N) is 1. The second-order valence-electron chi connectivity index (χ2n) is 9.47. The lowest BCUT2D eigenvalue weighted by Gasteiger charge is -2.28. The monoisotopic (exact) mass is 497 g/mol. The Kier molecular flexibility index (Phi) is 6.28. The highest BCUT2D eigenvalue weighted by Crippen LogP contribution is 2.40. The van der Waals surface area contributed by atoms with Gasteiger partial charge in [-0.2, -0.15) is 0 Å². The van der Waals surface area contributed by atoms with Gasteiger partial charge in [0.15, 0.2) is 0 Å². The molecule has 2 heterocycles. The van der Waals surface area contributed by atoms with E-state index in [9.17, 15) is 14.7 Å². The van der Waals surface area contributed by atoms with Gasteiger partial charge in [-0.3, -0.25) is 9.59 Å². The predicted octanol–water partition coefficient (Wildman–Crippen LogP) is 5.35. The van der Waals surface area contributed by atoms with Gasteiger partial charge >= 0.3 is 0 Å². The number of ether oxygens (including phenoxy) is 1. The molecule has 2 atom stereocenters. The van der Waals surface area contributed by atoms with Gasteiger partial charge in [-0.15, -0.1) is 0 Å². The lowest BCUT2D eigenvalue weighted by Crippen LogP contribution is -2.36. The zero-order chi connectivity index (χ0) is 23.0. The van der Waals surface area contributed by atoms with Crippen LogP contribution in [0.3, 0.4) is 0 Å². The minimum absolute atomic E-state index is 0.0184. The molecule has 1 N–H and O–H groups in total. The molecular weight excluding hydrogens is 470 g/mol. The number of likely N-dealkylation sites (tertiary alicyclic amines) is 1. The first-order valence-electron chi connectivity index (χ1n) is 10.9. The fraction of sp³-hybridized carbons (Fsp3) is 0.385. The third kappa shape index (κ3) is 4.39. The molecule has 168 valence electrons. The Labute approximate surface area is 197 Å². The quantitative estimate of drug-likeness (QED) is 0.351. The maximum atomic E-state index is 13.1. The normalized spacial score (nSPS) is 23.2. The number of aliphatic hydroxyl groups excluding tert-OH is 1. The molecule has 1 amide bonds. The van der Waals surface area contributed by atoms with Crippen molar-refractivity contribution in [3.63, 3.8) is 0 Å². The highest BCUT2D eigenvalue weighted by Gasteiger charge is 2.47. The van der Waals surface area contributed by atoms with Crippen molar-refractivity contribution < 1.29 is 19.4 Å². The highest BCUT2D eigenvalue weighted by molar-refractivity contribution is 9.10. The molecule has 5 nitrogen and oxygen atoms in total. The van der Waals surface area contributed by atoms with Crippen LogP contribution in [0.2, 0.25) is 0 Å². The molecule has 32 heavy (non-hydrogen) atoms. The smallest absolute Gasteiger partial charge is 0.295 e. The van der Waals surface area contributed by atoms with E-state index in [1.54, 1.807) is 29.2 Å². The first-order valence-corrected chi connectivity index (χ1v) is 11.7. The van der Waals surface area contributed by atoms with Crippen molar-refractivity contribution in [2.75, 3.05) is 13.2 Å². The Morgan fingerprint density at radius 3 is 2.31 bits per heavy atom. The molecule has 2 aliphatic rings. The van der Waals surface area contributed by atoms with Crippen LogP contribution < -0.4 is 0 Å². The summed E-state index contributed by atoms with van der Waals surface area (Å²) in [5.41, 5.74) is 2.56. The van der Waals surface area contributed by atoms with Gasteiger partial charge in [-0.1, -0.05) is 73.1 Å². The fourth-order valence-corrected chi connectivity index (χ4v) is 4.62. The van der Waals surface area contributed by atoms with Crippen LogP contribution in [0.5, 0.6) is 0 Å². The predicted molar refractivity (Wildman–Crippen MR) is 127 cm³/mol. The van der Waals surface area contributed by atoms with Crippen LogP contribution in [-0.4, -0.2) is 41.0 Å². The SMILES string of the molecule is CC(C)(C)c1ccc([C@@H]2C(=C(O)c3ccc(Br)cc3)C(=O)C(=O)N2C[C@H]2CCCO2)cc1. The average molecular weight is 498 g/mol. The maximum Gasteiger partial charge on any atom is 0.295 e. The van der Waals surface area contributed by atoms with Gasteiger partial charge in [0.25, 0.3) is 11.7 Å². The van der Waals surface area contributed by atoms with Gasteiger partial charge in [-0.25, -0.2) is 0 Å². The molecule has 0 saturated carbocycles. The topological polar surface area (TPSA) is 66.8 Å². The Bertz CT molecular complexity index is 1040. The number of benzene rings is 2. The van der Waals surface area contributed by atoms with Crippen molar-refractivity contribution in [3.8, 4) is 0 Å². The van der Waals surface area contributed by atoms with Crippen molar-refractivity contribution in [1.29, 1.82) is 0 Å². The van der Waals surface area contributed by atoms with Gasteiger partial charge in [0.05, 0.1) is 17.7 Å². The summed E-state index contributed by atoms with van der Waals surface area (Å²) < 4.78 is 6.61. The zero-order valence-electron chi connectivity index (χ0n) is 18.6. The number of hydrogen-bond donors (Lipinski definition) is 1. The lowest BCUT2D eigenvalue weighted by atomic mass is 9.85. The van der Waals surface area contributed by atoms with Crippen LogP contribution >= 0.6 is 15.9 Å². The van der Waals surface area contributed by atoms with Crippen LogP contribution in [-0.2, 0) is 19.7 Å². The molecule has 0 radical (unpaired) electrons. The van der Waals surface area contributed by atoms with Gasteiger partial charge < -0.3 is 14.7 Å². The van der Waals surface area contributed by atoms with Crippen LogP contribution in [0.25, 0.3) is 5.76 Å². The van der Waals surface area contributed by atoms with E-state index in [0.29, 0.717) is 18.7 Å². The van der Waals surface area contributed by atoms with Crippen molar-refractivity contribution in [1.82, 2.24) is 4.90 Å². The summed E-state index contributed by atoms with van der Waals surface area (Å²) in [5.74, 6) is -1.41. The Morgan fingerprint density at radius 2 is 1.75 bits per heavy atom. The van der Waals surface area contributed by atoms with Gasteiger partial charge in [0.2, 0.25) is 0 Å². The van der Waals surface area contributed by atoms with E-state index in [2.05, 4.69) is 36.7 Å². The number of rotatable bonds is 4. The number of aliphatic hydroxyl groups is 1. The summed E-state index contributed by atoms with van der Waals surface area (Å²) in [6.45, 7) is 7.41. The number of halogens is 1. The maximum absolute atomic E-state index is 13.1. The summed E-state index contributed by atoms with van der Waals surface area (Å²) in [5, 5.41) is 11.1. The van der Waals surface area contributed by atoms with Crippen molar-refractivity contribution in [2.24, 2.45) is 0 Å². The first-order chi connectivity index (χ1) is 15.2. The Balaban J connectivity index is 1.81. The van der Waals surface area contributed by atoms with Gasteiger partial charge in [-0.05, 0) is 41.5 Å². The summed E-state index contributed by atoms with van der Waals surface area (Å²) >= 11 is 3.39. The fourth-order valence-electron chi connectivity index (χ4n) is 4.35. The lowest BCUT2D eigenvalue weighted by molar-refractivity contribution is -0.140. The minimum Gasteiger partial charge on any atom is -0.507 e. The molecule has 2 aliphatic heterocycles. The third-order valence-corrected chi connectivity index (χ3v) is 6.70. The second-order valence-corrected chi connectivity index (χ2v) is 10.4. The molecule has 2 saturated heterocycles. The standard InChI is InChI=1S/C26H28BrNO4/c1-26(2,3)18-10-6-16(7-11-18)22-21(23(29)17-8-12-19(27)13-9-17)24(30)25(31)28(22)15-20-5-4-14-32-20/h6-13,20,22,29H,4-5,14-15H2,1-3H3/t20-,22-/m1/s1. The van der Waals surface area contributed by atoms with E-state index in [4.69, 9.17) is 4.74 Å². The molecule has 2 fully saturated rings. The highest BCUT2D eigenvalue weighted by atomic mass is 79.9.